The number of furan rings is 1. The van der Waals surface area contributed by atoms with Crippen LogP contribution in [0.1, 0.15) is 16.2 Å². The summed E-state index contributed by atoms with van der Waals surface area (Å²) in [5, 5.41) is 3.75. The van der Waals surface area contributed by atoms with Gasteiger partial charge in [-0.15, -0.1) is 0 Å². The molecule has 0 bridgehead atoms. The largest absolute Gasteiger partial charge is 0.448 e. The quantitative estimate of drug-likeness (QED) is 0.697. The van der Waals surface area contributed by atoms with Crippen LogP contribution in [0.4, 0.5) is 0 Å². The number of hydrogen-bond acceptors (Lipinski definition) is 4. The maximum atomic E-state index is 11.5. The molecular formula is C11H8BrN3O2. The lowest BCUT2D eigenvalue weighted by Crippen LogP contribution is -2.18. The molecule has 86 valence electrons. The molecule has 0 aliphatic heterocycles. The van der Waals surface area contributed by atoms with Crippen molar-refractivity contribution in [2.24, 2.45) is 5.10 Å². The first kappa shape index (κ1) is 11.5. The molecule has 0 saturated heterocycles. The molecule has 0 unspecified atom stereocenters. The fourth-order valence-electron chi connectivity index (χ4n) is 1.11. The number of hydrogen-bond donors (Lipinski definition) is 1. The number of rotatable bonds is 3. The van der Waals surface area contributed by atoms with Crippen LogP contribution in [0.5, 0.6) is 0 Å². The van der Waals surface area contributed by atoms with Gasteiger partial charge in [0.05, 0.1) is 6.21 Å². The molecule has 0 aliphatic carbocycles. The van der Waals surface area contributed by atoms with Crippen LogP contribution in [0.15, 0.2) is 50.7 Å². The standard InChI is InChI=1S/C11H8BrN3O2/c12-10-5-4-8(17-10)7-14-15-11(16)9-3-1-2-6-13-9/h1-7H,(H,15,16)/b14-7-. The Kier molecular flexibility index (Phi) is 3.66. The Morgan fingerprint density at radius 1 is 1.41 bits per heavy atom. The Hall–Kier alpha value is -1.95. The van der Waals surface area contributed by atoms with E-state index in [1.807, 2.05) is 0 Å². The van der Waals surface area contributed by atoms with Crippen molar-refractivity contribution in [2.45, 2.75) is 0 Å². The number of amides is 1. The molecule has 1 N–H and O–H groups in total. The van der Waals surface area contributed by atoms with E-state index in [1.165, 1.54) is 6.21 Å². The number of nitrogens with one attached hydrogen (secondary N) is 1. The van der Waals surface area contributed by atoms with Crippen molar-refractivity contribution in [3.63, 3.8) is 0 Å². The average Bonchev–Trinajstić information content (AvgIpc) is 2.76. The highest BCUT2D eigenvalue weighted by molar-refractivity contribution is 9.10. The zero-order valence-corrected chi connectivity index (χ0v) is 10.2. The zero-order valence-electron chi connectivity index (χ0n) is 8.63. The van der Waals surface area contributed by atoms with Crippen LogP contribution in [0, 0.1) is 0 Å². The predicted molar refractivity (Wildman–Crippen MR) is 65.7 cm³/mol. The van der Waals surface area contributed by atoms with Crippen molar-refractivity contribution >= 4 is 28.1 Å². The molecule has 0 aliphatic rings. The van der Waals surface area contributed by atoms with E-state index in [-0.39, 0.29) is 5.91 Å². The van der Waals surface area contributed by atoms with Crippen LogP contribution >= 0.6 is 15.9 Å². The van der Waals surface area contributed by atoms with Crippen molar-refractivity contribution in [3.05, 3.63) is 52.7 Å². The molecule has 0 saturated carbocycles. The van der Waals surface area contributed by atoms with E-state index in [2.05, 4.69) is 31.4 Å². The van der Waals surface area contributed by atoms with E-state index in [1.54, 1.807) is 36.5 Å². The minimum atomic E-state index is -0.368. The topological polar surface area (TPSA) is 67.5 Å². The summed E-state index contributed by atoms with van der Waals surface area (Å²) < 4.78 is 5.78. The fraction of sp³-hybridized carbons (Fsp3) is 0. The summed E-state index contributed by atoms with van der Waals surface area (Å²) in [4.78, 5) is 15.4. The number of aromatic nitrogens is 1. The summed E-state index contributed by atoms with van der Waals surface area (Å²) in [6, 6.07) is 8.53. The molecule has 6 heteroatoms. The smallest absolute Gasteiger partial charge is 0.289 e. The molecule has 17 heavy (non-hydrogen) atoms. The third-order valence-electron chi connectivity index (χ3n) is 1.85. The first-order chi connectivity index (χ1) is 8.25. The molecule has 0 spiro atoms. The minimum Gasteiger partial charge on any atom is -0.448 e. The second-order valence-electron chi connectivity index (χ2n) is 3.06. The molecule has 5 nitrogen and oxygen atoms in total. The predicted octanol–water partition coefficient (Wildman–Crippen LogP) is 2.20. The van der Waals surface area contributed by atoms with E-state index in [0.29, 0.717) is 16.1 Å². The maximum absolute atomic E-state index is 11.5. The molecule has 2 aromatic heterocycles. The minimum absolute atomic E-state index is 0.310. The summed E-state index contributed by atoms with van der Waals surface area (Å²) in [5.74, 6) is 0.172. The van der Waals surface area contributed by atoms with Gasteiger partial charge in [0.15, 0.2) is 4.67 Å². The molecule has 1 amide bonds. The Balaban J connectivity index is 1.95. The summed E-state index contributed by atoms with van der Waals surface area (Å²) in [6.07, 6.45) is 2.95. The van der Waals surface area contributed by atoms with Crippen molar-refractivity contribution in [1.29, 1.82) is 0 Å². The molecule has 2 heterocycles. The van der Waals surface area contributed by atoms with Gasteiger partial charge in [-0.1, -0.05) is 6.07 Å². The number of halogens is 1. The first-order valence-electron chi connectivity index (χ1n) is 4.75. The third kappa shape index (κ3) is 3.25. The second kappa shape index (κ2) is 5.40. The number of nitrogens with zero attached hydrogens (tertiary/aromatic N) is 2. The van der Waals surface area contributed by atoms with Crippen LogP contribution < -0.4 is 5.43 Å². The van der Waals surface area contributed by atoms with Crippen molar-refractivity contribution in [1.82, 2.24) is 10.4 Å². The lowest BCUT2D eigenvalue weighted by atomic mass is 10.3. The van der Waals surface area contributed by atoms with Crippen LogP contribution in [0.3, 0.4) is 0 Å². The Morgan fingerprint density at radius 3 is 2.94 bits per heavy atom. The molecule has 0 radical (unpaired) electrons. The van der Waals surface area contributed by atoms with E-state index >= 15 is 0 Å². The van der Waals surface area contributed by atoms with Crippen molar-refractivity contribution in [2.75, 3.05) is 0 Å². The van der Waals surface area contributed by atoms with Crippen molar-refractivity contribution < 1.29 is 9.21 Å². The highest BCUT2D eigenvalue weighted by Crippen LogP contribution is 2.11. The normalized spacial score (nSPS) is 10.6. The van der Waals surface area contributed by atoms with Gasteiger partial charge in [0.2, 0.25) is 0 Å². The van der Waals surface area contributed by atoms with Gasteiger partial charge >= 0.3 is 0 Å². The molecule has 0 atom stereocenters. The van der Waals surface area contributed by atoms with Gasteiger partial charge in [-0.2, -0.15) is 5.10 Å². The number of hydrazone groups is 1. The van der Waals surface area contributed by atoms with Gasteiger partial charge in [0.25, 0.3) is 5.91 Å². The summed E-state index contributed by atoms with van der Waals surface area (Å²) in [6.45, 7) is 0. The van der Waals surface area contributed by atoms with Crippen molar-refractivity contribution in [3.8, 4) is 0 Å². The summed E-state index contributed by atoms with van der Waals surface area (Å²) in [5.41, 5.74) is 2.66. The summed E-state index contributed by atoms with van der Waals surface area (Å²) in [7, 11) is 0. The Labute approximate surface area is 106 Å². The van der Waals surface area contributed by atoms with Gasteiger partial charge in [-0.05, 0) is 40.2 Å². The van der Waals surface area contributed by atoms with Gasteiger partial charge in [0, 0.05) is 6.20 Å². The first-order valence-corrected chi connectivity index (χ1v) is 5.55. The number of pyridine rings is 1. The van der Waals surface area contributed by atoms with Crippen LogP contribution in [0.2, 0.25) is 0 Å². The number of carbonyl (C=O) groups is 1. The monoisotopic (exact) mass is 293 g/mol. The maximum Gasteiger partial charge on any atom is 0.289 e. The fourth-order valence-corrected chi connectivity index (χ4v) is 1.43. The average molecular weight is 294 g/mol. The third-order valence-corrected chi connectivity index (χ3v) is 2.28. The van der Waals surface area contributed by atoms with E-state index in [4.69, 9.17) is 4.42 Å². The SMILES string of the molecule is O=C(N/N=C\c1ccc(Br)o1)c1ccccn1. The van der Waals surface area contributed by atoms with Gasteiger partial charge in [-0.25, -0.2) is 5.43 Å². The Morgan fingerprint density at radius 2 is 2.29 bits per heavy atom. The second-order valence-corrected chi connectivity index (χ2v) is 3.84. The zero-order chi connectivity index (χ0) is 12.1. The van der Waals surface area contributed by atoms with E-state index in [9.17, 15) is 4.79 Å². The Bertz CT molecular complexity index is 537. The molecule has 2 aromatic rings. The van der Waals surface area contributed by atoms with Gasteiger partial charge in [0.1, 0.15) is 11.5 Å². The summed E-state index contributed by atoms with van der Waals surface area (Å²) >= 11 is 3.16. The molecule has 0 fully saturated rings. The highest BCUT2D eigenvalue weighted by Gasteiger charge is 2.03. The van der Waals surface area contributed by atoms with Gasteiger partial charge in [-0.3, -0.25) is 9.78 Å². The van der Waals surface area contributed by atoms with E-state index in [0.717, 1.165) is 0 Å². The molecule has 2 rings (SSSR count). The highest BCUT2D eigenvalue weighted by atomic mass is 79.9. The number of carbonyl (C=O) groups excluding carboxylic acids is 1. The lowest BCUT2D eigenvalue weighted by Gasteiger charge is -1.96. The molecule has 0 aromatic carbocycles. The van der Waals surface area contributed by atoms with Gasteiger partial charge < -0.3 is 4.42 Å². The molecular weight excluding hydrogens is 286 g/mol. The van der Waals surface area contributed by atoms with Crippen LogP contribution in [-0.2, 0) is 0 Å². The van der Waals surface area contributed by atoms with Crippen LogP contribution in [0.25, 0.3) is 0 Å². The van der Waals surface area contributed by atoms with E-state index < -0.39 is 0 Å². The lowest BCUT2D eigenvalue weighted by molar-refractivity contribution is 0.0950. The van der Waals surface area contributed by atoms with Crippen LogP contribution in [-0.4, -0.2) is 17.1 Å².